The maximum atomic E-state index is 13.3. The minimum atomic E-state index is -0.439. The van der Waals surface area contributed by atoms with Gasteiger partial charge in [0.05, 0.1) is 17.9 Å². The minimum Gasteiger partial charge on any atom is -0.482 e. The molecule has 0 bridgehead atoms. The van der Waals surface area contributed by atoms with Crippen LogP contribution in [-0.4, -0.2) is 37.6 Å². The molecule has 0 aliphatic rings. The lowest BCUT2D eigenvalue weighted by atomic mass is 9.92. The third kappa shape index (κ3) is 7.80. The third-order valence-electron chi connectivity index (χ3n) is 5.29. The molecule has 0 aromatic carbocycles. The molecule has 0 spiro atoms. The molecule has 36 heavy (non-hydrogen) atoms. The first-order valence-corrected chi connectivity index (χ1v) is 12.6. The molecule has 3 rings (SSSR count). The Morgan fingerprint density at radius 2 is 1.81 bits per heavy atom. The highest BCUT2D eigenvalue weighted by atomic mass is 16.5. The normalized spacial score (nSPS) is 11.4. The molecule has 8 heteroatoms. The first-order valence-electron chi connectivity index (χ1n) is 12.6. The number of amides is 1. The molecular weight excluding hydrogens is 452 g/mol. The summed E-state index contributed by atoms with van der Waals surface area (Å²) in [6, 6.07) is 7.51. The van der Waals surface area contributed by atoms with Gasteiger partial charge in [0.15, 0.2) is 11.6 Å². The Bertz CT molecular complexity index is 1120. The number of aryl methyl sites for hydroxylation is 2. The summed E-state index contributed by atoms with van der Waals surface area (Å²) in [5.41, 5.74) is 9.80. The van der Waals surface area contributed by atoms with Gasteiger partial charge in [-0.3, -0.25) is 14.5 Å². The first-order chi connectivity index (χ1) is 17.0. The van der Waals surface area contributed by atoms with Gasteiger partial charge in [0.2, 0.25) is 0 Å². The number of ether oxygens (including phenoxy) is 1. The van der Waals surface area contributed by atoms with Gasteiger partial charge in [0.1, 0.15) is 11.8 Å². The summed E-state index contributed by atoms with van der Waals surface area (Å²) in [6.07, 6.45) is 2.86. The van der Waals surface area contributed by atoms with Crippen LogP contribution >= 0.6 is 0 Å². The van der Waals surface area contributed by atoms with Crippen LogP contribution in [0.15, 0.2) is 36.7 Å². The van der Waals surface area contributed by atoms with Crippen LogP contribution < -0.4 is 10.5 Å². The molecule has 0 aliphatic heterocycles. The summed E-state index contributed by atoms with van der Waals surface area (Å²) >= 11 is 0. The predicted octanol–water partition coefficient (Wildman–Crippen LogP) is 5.86. The average Bonchev–Trinajstić information content (AvgIpc) is 3.24. The largest absolute Gasteiger partial charge is 0.482 e. The van der Waals surface area contributed by atoms with E-state index in [4.69, 9.17) is 10.5 Å². The van der Waals surface area contributed by atoms with Gasteiger partial charge < -0.3 is 15.4 Å². The van der Waals surface area contributed by atoms with E-state index in [-0.39, 0.29) is 11.3 Å². The second-order valence-electron chi connectivity index (χ2n) is 9.15. The maximum absolute atomic E-state index is 13.3. The SMILES string of the molecule is CC.CC.Cc1cnc(N)c(OC(C)c2cccnc2C(=O)N(C)Cc2cc(C(C)(C)C)nn2C)c1. The Labute approximate surface area is 216 Å². The van der Waals surface area contributed by atoms with E-state index < -0.39 is 6.10 Å². The average molecular weight is 497 g/mol. The van der Waals surface area contributed by atoms with Crippen molar-refractivity contribution in [2.75, 3.05) is 12.8 Å². The number of hydrogen-bond donors (Lipinski definition) is 1. The molecule has 0 aliphatic carbocycles. The van der Waals surface area contributed by atoms with Gasteiger partial charge in [-0.25, -0.2) is 4.98 Å². The van der Waals surface area contributed by atoms with E-state index in [1.807, 2.05) is 71.5 Å². The van der Waals surface area contributed by atoms with E-state index in [2.05, 4.69) is 35.8 Å². The number of carbonyl (C=O) groups excluding carboxylic acids is 1. The van der Waals surface area contributed by atoms with Gasteiger partial charge in [0.25, 0.3) is 5.91 Å². The zero-order valence-electron chi connectivity index (χ0n) is 23.9. The highest BCUT2D eigenvalue weighted by Gasteiger charge is 2.24. The van der Waals surface area contributed by atoms with Crippen molar-refractivity contribution in [1.82, 2.24) is 24.6 Å². The quantitative estimate of drug-likeness (QED) is 0.459. The molecule has 1 atom stereocenters. The summed E-state index contributed by atoms with van der Waals surface area (Å²) in [4.78, 5) is 23.5. The Morgan fingerprint density at radius 3 is 2.39 bits per heavy atom. The summed E-state index contributed by atoms with van der Waals surface area (Å²) in [6.45, 7) is 18.6. The van der Waals surface area contributed by atoms with Crippen LogP contribution in [0.4, 0.5) is 5.82 Å². The van der Waals surface area contributed by atoms with E-state index >= 15 is 0 Å². The topological polar surface area (TPSA) is 99.2 Å². The smallest absolute Gasteiger partial charge is 0.272 e. The van der Waals surface area contributed by atoms with Crippen molar-refractivity contribution >= 4 is 11.7 Å². The van der Waals surface area contributed by atoms with Crippen LogP contribution in [0.25, 0.3) is 0 Å². The highest BCUT2D eigenvalue weighted by molar-refractivity contribution is 5.93. The molecule has 1 unspecified atom stereocenters. The van der Waals surface area contributed by atoms with Gasteiger partial charge in [-0.15, -0.1) is 0 Å². The second kappa shape index (κ2) is 13.6. The first kappa shape index (κ1) is 30.6. The highest BCUT2D eigenvalue weighted by Crippen LogP contribution is 2.28. The van der Waals surface area contributed by atoms with E-state index in [1.54, 1.807) is 30.4 Å². The van der Waals surface area contributed by atoms with Crippen LogP contribution in [0.5, 0.6) is 5.75 Å². The van der Waals surface area contributed by atoms with Crippen molar-refractivity contribution in [1.29, 1.82) is 0 Å². The molecule has 3 aromatic rings. The van der Waals surface area contributed by atoms with Crippen molar-refractivity contribution in [3.05, 3.63) is 64.9 Å². The molecular formula is C28H44N6O2. The monoisotopic (exact) mass is 496 g/mol. The van der Waals surface area contributed by atoms with Crippen molar-refractivity contribution < 1.29 is 9.53 Å². The number of anilines is 1. The Hall–Kier alpha value is -3.42. The molecule has 0 radical (unpaired) electrons. The van der Waals surface area contributed by atoms with Crippen LogP contribution in [0, 0.1) is 6.92 Å². The van der Waals surface area contributed by atoms with Crippen molar-refractivity contribution in [2.24, 2.45) is 7.05 Å². The standard InChI is InChI=1S/C24H32N6O2.2C2H6/c1-15-11-19(22(25)27-13-15)32-16(2)18-9-8-10-26-21(18)23(31)29(6)14-17-12-20(24(3,4)5)28-30(17)7;2*1-2/h8-13,16H,14H2,1-7H3,(H2,25,27);2*1-2H3. The molecule has 3 aromatic heterocycles. The number of nitrogens with two attached hydrogens (primary N) is 1. The molecule has 0 saturated heterocycles. The van der Waals surface area contributed by atoms with E-state index in [9.17, 15) is 4.79 Å². The fourth-order valence-corrected chi connectivity index (χ4v) is 3.34. The van der Waals surface area contributed by atoms with Gasteiger partial charge in [-0.1, -0.05) is 54.5 Å². The fourth-order valence-electron chi connectivity index (χ4n) is 3.34. The van der Waals surface area contributed by atoms with Crippen LogP contribution in [0.1, 0.15) is 94.5 Å². The van der Waals surface area contributed by atoms with E-state index in [0.717, 1.165) is 17.0 Å². The zero-order valence-corrected chi connectivity index (χ0v) is 23.9. The maximum Gasteiger partial charge on any atom is 0.272 e. The van der Waals surface area contributed by atoms with E-state index in [1.165, 1.54) is 0 Å². The van der Waals surface area contributed by atoms with Crippen molar-refractivity contribution in [3.63, 3.8) is 0 Å². The van der Waals surface area contributed by atoms with Crippen LogP contribution in [-0.2, 0) is 19.0 Å². The van der Waals surface area contributed by atoms with Crippen molar-refractivity contribution in [3.8, 4) is 5.75 Å². The molecule has 0 saturated carbocycles. The van der Waals surface area contributed by atoms with E-state index in [0.29, 0.717) is 29.4 Å². The van der Waals surface area contributed by atoms with Gasteiger partial charge in [-0.2, -0.15) is 5.10 Å². The van der Waals surface area contributed by atoms with Crippen molar-refractivity contribution in [2.45, 2.75) is 80.4 Å². The third-order valence-corrected chi connectivity index (χ3v) is 5.29. The van der Waals surface area contributed by atoms with Gasteiger partial charge >= 0.3 is 0 Å². The molecule has 1 amide bonds. The zero-order chi connectivity index (χ0) is 27.6. The number of hydrogen-bond acceptors (Lipinski definition) is 6. The predicted molar refractivity (Wildman–Crippen MR) is 147 cm³/mol. The number of pyridine rings is 2. The number of nitrogens with zero attached hydrogens (tertiary/aromatic N) is 5. The molecule has 2 N–H and O–H groups in total. The summed E-state index contributed by atoms with van der Waals surface area (Å²) in [5.74, 6) is 0.602. The Balaban J connectivity index is 0.00000154. The number of nitrogen functional groups attached to an aromatic ring is 1. The van der Waals surface area contributed by atoms with Crippen LogP contribution in [0.2, 0.25) is 0 Å². The Kier molecular flexibility index (Phi) is 11.6. The lowest BCUT2D eigenvalue weighted by molar-refractivity contribution is 0.0770. The number of aromatic nitrogens is 4. The summed E-state index contributed by atoms with van der Waals surface area (Å²) in [5, 5.41) is 4.60. The lowest BCUT2D eigenvalue weighted by Gasteiger charge is -2.21. The summed E-state index contributed by atoms with van der Waals surface area (Å²) in [7, 11) is 3.66. The molecule has 198 valence electrons. The lowest BCUT2D eigenvalue weighted by Crippen LogP contribution is -2.29. The fraction of sp³-hybridized carbons (Fsp3) is 0.500. The summed E-state index contributed by atoms with van der Waals surface area (Å²) < 4.78 is 7.87. The number of rotatable bonds is 6. The molecule has 0 fully saturated rings. The van der Waals surface area contributed by atoms with Gasteiger partial charge in [0, 0.05) is 37.5 Å². The van der Waals surface area contributed by atoms with Gasteiger partial charge in [-0.05, 0) is 37.6 Å². The number of carbonyl (C=O) groups is 1. The molecule has 3 heterocycles. The minimum absolute atomic E-state index is 0.0635. The second-order valence-corrected chi connectivity index (χ2v) is 9.15. The van der Waals surface area contributed by atoms with Crippen LogP contribution in [0.3, 0.4) is 0 Å². The Morgan fingerprint density at radius 1 is 1.17 bits per heavy atom. The molecule has 8 nitrogen and oxygen atoms in total.